The molecule has 74 valence electrons. The minimum Gasteiger partial charge on any atom is -0.295 e. The maximum atomic E-state index is 12.8. The van der Waals surface area contributed by atoms with Crippen LogP contribution in [0.15, 0.2) is 18.3 Å². The quantitative estimate of drug-likeness (QED) is 0.665. The molecule has 1 fully saturated rings. The summed E-state index contributed by atoms with van der Waals surface area (Å²) >= 11 is 5.81. The summed E-state index contributed by atoms with van der Waals surface area (Å²) in [5.74, 6) is -0.179. The van der Waals surface area contributed by atoms with Gasteiger partial charge in [0.1, 0.15) is 11.6 Å². The summed E-state index contributed by atoms with van der Waals surface area (Å²) in [6, 6.07) is 2.47. The molecule has 0 radical (unpaired) electrons. The van der Waals surface area contributed by atoms with Crippen molar-refractivity contribution in [2.45, 2.75) is 11.8 Å². The Kier molecular flexibility index (Phi) is 2.37. The van der Waals surface area contributed by atoms with Crippen LogP contribution in [0.4, 0.5) is 10.2 Å². The fourth-order valence-corrected chi connectivity index (χ4v) is 1.70. The third-order valence-corrected chi connectivity index (χ3v) is 2.35. The molecule has 0 N–H and O–H groups in total. The van der Waals surface area contributed by atoms with E-state index in [2.05, 4.69) is 4.98 Å². The summed E-state index contributed by atoms with van der Waals surface area (Å²) < 4.78 is 12.8. The number of nitrogens with zero attached hydrogens (tertiary/aromatic N) is 2. The molecule has 1 saturated heterocycles. The van der Waals surface area contributed by atoms with Crippen LogP contribution in [0.25, 0.3) is 0 Å². The SMILES string of the molecule is O=C1CC(Cl)CN1c1cc(F)ccn1. The van der Waals surface area contributed by atoms with Crippen LogP contribution in [-0.2, 0) is 4.79 Å². The van der Waals surface area contributed by atoms with Crippen molar-refractivity contribution in [1.82, 2.24) is 4.98 Å². The Balaban J connectivity index is 2.27. The maximum absolute atomic E-state index is 12.8. The van der Waals surface area contributed by atoms with E-state index in [1.165, 1.54) is 23.2 Å². The molecule has 1 aromatic rings. The van der Waals surface area contributed by atoms with Gasteiger partial charge >= 0.3 is 0 Å². The van der Waals surface area contributed by atoms with Gasteiger partial charge < -0.3 is 0 Å². The Morgan fingerprint density at radius 2 is 2.43 bits per heavy atom. The van der Waals surface area contributed by atoms with Crippen LogP contribution in [-0.4, -0.2) is 22.8 Å². The number of carbonyl (C=O) groups excluding carboxylic acids is 1. The standard InChI is InChI=1S/C9H8ClFN2O/c10-6-3-9(14)13(5-6)8-4-7(11)1-2-12-8/h1-2,4,6H,3,5H2. The van der Waals surface area contributed by atoms with Crippen molar-refractivity contribution < 1.29 is 9.18 Å². The van der Waals surface area contributed by atoms with Crippen LogP contribution in [0.3, 0.4) is 0 Å². The Morgan fingerprint density at radius 1 is 1.64 bits per heavy atom. The van der Waals surface area contributed by atoms with Crippen LogP contribution < -0.4 is 4.90 Å². The lowest BCUT2D eigenvalue weighted by atomic mass is 10.4. The minimum absolute atomic E-state index is 0.108. The van der Waals surface area contributed by atoms with Gasteiger partial charge in [0.25, 0.3) is 0 Å². The lowest BCUT2D eigenvalue weighted by Crippen LogP contribution is -2.25. The largest absolute Gasteiger partial charge is 0.295 e. The number of anilines is 1. The summed E-state index contributed by atoms with van der Waals surface area (Å²) in [4.78, 5) is 16.7. The molecule has 14 heavy (non-hydrogen) atoms. The number of carbonyl (C=O) groups is 1. The number of hydrogen-bond acceptors (Lipinski definition) is 2. The molecule has 1 aliphatic rings. The van der Waals surface area contributed by atoms with Gasteiger partial charge in [0, 0.05) is 25.2 Å². The van der Waals surface area contributed by atoms with Crippen LogP contribution in [0, 0.1) is 5.82 Å². The summed E-state index contributed by atoms with van der Waals surface area (Å²) in [5, 5.41) is -0.201. The minimum atomic E-state index is -0.402. The lowest BCUT2D eigenvalue weighted by molar-refractivity contribution is -0.117. The molecule has 0 aromatic carbocycles. The molecule has 2 rings (SSSR count). The maximum Gasteiger partial charge on any atom is 0.229 e. The third kappa shape index (κ3) is 1.70. The number of amides is 1. The summed E-state index contributed by atoms with van der Waals surface area (Å²) in [6.07, 6.45) is 1.62. The normalized spacial score (nSPS) is 21.7. The Bertz CT molecular complexity index is 372. The van der Waals surface area contributed by atoms with E-state index in [0.29, 0.717) is 18.8 Å². The highest BCUT2D eigenvalue weighted by Gasteiger charge is 2.29. The molecule has 1 unspecified atom stereocenters. The zero-order chi connectivity index (χ0) is 10.1. The summed E-state index contributed by atoms with van der Waals surface area (Å²) in [6.45, 7) is 0.400. The molecule has 5 heteroatoms. The van der Waals surface area contributed by atoms with Crippen molar-refractivity contribution in [3.05, 3.63) is 24.1 Å². The van der Waals surface area contributed by atoms with Gasteiger partial charge in [-0.2, -0.15) is 0 Å². The van der Waals surface area contributed by atoms with E-state index in [1.54, 1.807) is 0 Å². The monoisotopic (exact) mass is 214 g/mol. The smallest absolute Gasteiger partial charge is 0.229 e. The number of hydrogen-bond donors (Lipinski definition) is 0. The van der Waals surface area contributed by atoms with Crippen LogP contribution in [0.5, 0.6) is 0 Å². The topological polar surface area (TPSA) is 33.2 Å². The second kappa shape index (κ2) is 3.53. The first-order valence-electron chi connectivity index (χ1n) is 4.23. The summed E-state index contributed by atoms with van der Waals surface area (Å²) in [5.41, 5.74) is 0. The van der Waals surface area contributed by atoms with Gasteiger partial charge in [0.2, 0.25) is 5.91 Å². The van der Waals surface area contributed by atoms with Crippen molar-refractivity contribution >= 4 is 23.3 Å². The van der Waals surface area contributed by atoms with Crippen molar-refractivity contribution in [1.29, 1.82) is 0 Å². The molecule has 3 nitrogen and oxygen atoms in total. The van der Waals surface area contributed by atoms with E-state index in [0.717, 1.165) is 0 Å². The van der Waals surface area contributed by atoms with Crippen molar-refractivity contribution in [3.8, 4) is 0 Å². The molecule has 1 aliphatic heterocycles. The number of aromatic nitrogens is 1. The van der Waals surface area contributed by atoms with E-state index >= 15 is 0 Å². The Morgan fingerprint density at radius 3 is 3.00 bits per heavy atom. The number of halogens is 2. The highest BCUT2D eigenvalue weighted by Crippen LogP contribution is 2.22. The second-order valence-corrected chi connectivity index (χ2v) is 3.76. The molecule has 1 atom stereocenters. The molecule has 1 aromatic heterocycles. The first-order chi connectivity index (χ1) is 6.66. The lowest BCUT2D eigenvalue weighted by Gasteiger charge is -2.13. The van der Waals surface area contributed by atoms with E-state index < -0.39 is 5.82 Å². The van der Waals surface area contributed by atoms with Crippen molar-refractivity contribution in [2.24, 2.45) is 0 Å². The van der Waals surface area contributed by atoms with Gasteiger partial charge in [-0.05, 0) is 6.07 Å². The highest BCUT2D eigenvalue weighted by atomic mass is 35.5. The highest BCUT2D eigenvalue weighted by molar-refractivity contribution is 6.24. The first kappa shape index (κ1) is 9.40. The van der Waals surface area contributed by atoms with E-state index in [4.69, 9.17) is 11.6 Å². The molecular formula is C9H8ClFN2O. The molecule has 1 amide bonds. The average molecular weight is 215 g/mol. The third-order valence-electron chi connectivity index (χ3n) is 2.06. The molecule has 0 spiro atoms. The number of rotatable bonds is 1. The molecule has 0 aliphatic carbocycles. The van der Waals surface area contributed by atoms with Gasteiger partial charge in [0.15, 0.2) is 0 Å². The average Bonchev–Trinajstić information content (AvgIpc) is 2.45. The first-order valence-corrected chi connectivity index (χ1v) is 4.66. The van der Waals surface area contributed by atoms with E-state index in [9.17, 15) is 9.18 Å². The number of alkyl halides is 1. The predicted octanol–water partition coefficient (Wildman–Crippen LogP) is 1.56. The van der Waals surface area contributed by atoms with Gasteiger partial charge in [-0.1, -0.05) is 0 Å². The van der Waals surface area contributed by atoms with Crippen LogP contribution in [0.2, 0.25) is 0 Å². The van der Waals surface area contributed by atoms with E-state index in [1.807, 2.05) is 0 Å². The molecular weight excluding hydrogens is 207 g/mol. The van der Waals surface area contributed by atoms with Gasteiger partial charge in [0.05, 0.1) is 5.38 Å². The predicted molar refractivity (Wildman–Crippen MR) is 50.8 cm³/mol. The Labute approximate surface area is 85.5 Å². The van der Waals surface area contributed by atoms with Gasteiger partial charge in [-0.15, -0.1) is 11.6 Å². The molecule has 2 heterocycles. The number of pyridine rings is 1. The second-order valence-electron chi connectivity index (χ2n) is 3.14. The Hall–Kier alpha value is -1.16. The zero-order valence-corrected chi connectivity index (χ0v) is 8.04. The fourth-order valence-electron chi connectivity index (χ4n) is 1.43. The van der Waals surface area contributed by atoms with Gasteiger partial charge in [-0.3, -0.25) is 9.69 Å². The molecule has 0 saturated carbocycles. The van der Waals surface area contributed by atoms with Gasteiger partial charge in [-0.25, -0.2) is 9.37 Å². The van der Waals surface area contributed by atoms with Crippen LogP contribution in [0.1, 0.15) is 6.42 Å². The van der Waals surface area contributed by atoms with E-state index in [-0.39, 0.29) is 11.3 Å². The van der Waals surface area contributed by atoms with Crippen molar-refractivity contribution in [2.75, 3.05) is 11.4 Å². The van der Waals surface area contributed by atoms with Crippen molar-refractivity contribution in [3.63, 3.8) is 0 Å². The zero-order valence-electron chi connectivity index (χ0n) is 7.28. The fraction of sp³-hybridized carbons (Fsp3) is 0.333. The van der Waals surface area contributed by atoms with Crippen LogP contribution >= 0.6 is 11.6 Å². The molecule has 0 bridgehead atoms. The summed E-state index contributed by atoms with van der Waals surface area (Å²) in [7, 11) is 0.